The summed E-state index contributed by atoms with van der Waals surface area (Å²) in [5, 5.41) is 21.0. The maximum Gasteiger partial charge on any atom is 0.317 e. The van der Waals surface area contributed by atoms with Gasteiger partial charge >= 0.3 is 12.0 Å². The summed E-state index contributed by atoms with van der Waals surface area (Å²) < 4.78 is 0. The molecule has 1 rings (SSSR count). The summed E-state index contributed by atoms with van der Waals surface area (Å²) in [5.41, 5.74) is 1.05. The molecule has 6 heteroatoms. The van der Waals surface area contributed by atoms with Crippen LogP contribution in [-0.4, -0.2) is 53.4 Å². The van der Waals surface area contributed by atoms with E-state index < -0.39 is 12.1 Å². The van der Waals surface area contributed by atoms with Gasteiger partial charge in [-0.2, -0.15) is 0 Å². The topological polar surface area (TPSA) is 89.9 Å². The van der Waals surface area contributed by atoms with Crippen LogP contribution < -0.4 is 5.32 Å². The molecule has 22 heavy (non-hydrogen) atoms. The number of hydrogen-bond acceptors (Lipinski definition) is 3. The second kappa shape index (κ2) is 9.04. The van der Waals surface area contributed by atoms with Crippen LogP contribution in [0.25, 0.3) is 0 Å². The Balaban J connectivity index is 2.56. The van der Waals surface area contributed by atoms with E-state index in [4.69, 9.17) is 5.11 Å². The molecule has 0 bridgehead atoms. The molecule has 3 N–H and O–H groups in total. The van der Waals surface area contributed by atoms with Crippen LogP contribution in [0.5, 0.6) is 0 Å². The molecule has 0 saturated heterocycles. The zero-order valence-corrected chi connectivity index (χ0v) is 13.0. The number of amides is 2. The summed E-state index contributed by atoms with van der Waals surface area (Å²) in [5.74, 6) is -0.922. The highest BCUT2D eigenvalue weighted by Gasteiger charge is 2.17. The number of carboxylic acids is 1. The lowest BCUT2D eigenvalue weighted by Crippen LogP contribution is -2.40. The Morgan fingerprint density at radius 3 is 2.45 bits per heavy atom. The van der Waals surface area contributed by atoms with Gasteiger partial charge in [0, 0.05) is 26.1 Å². The molecule has 122 valence electrons. The molecule has 0 aliphatic carbocycles. The van der Waals surface area contributed by atoms with Gasteiger partial charge in [-0.3, -0.25) is 4.79 Å². The van der Waals surface area contributed by atoms with Crippen molar-refractivity contribution in [3.05, 3.63) is 35.9 Å². The van der Waals surface area contributed by atoms with Crippen molar-refractivity contribution in [3.8, 4) is 0 Å². The number of aliphatic hydroxyl groups is 1. The molecule has 0 fully saturated rings. The number of carbonyl (C=O) groups excluding carboxylic acids is 1. The van der Waals surface area contributed by atoms with Crippen LogP contribution in [-0.2, 0) is 4.79 Å². The molecule has 0 aliphatic heterocycles. The van der Waals surface area contributed by atoms with Gasteiger partial charge in [-0.05, 0) is 18.9 Å². The Bertz CT molecular complexity index is 476. The normalized spacial score (nSPS) is 13.2. The fraction of sp³-hybridized carbons (Fsp3) is 0.500. The van der Waals surface area contributed by atoms with Crippen LogP contribution in [0, 0.1) is 0 Å². The third-order valence-electron chi connectivity index (χ3n) is 3.40. The highest BCUT2D eigenvalue weighted by atomic mass is 16.4. The van der Waals surface area contributed by atoms with Crippen molar-refractivity contribution < 1.29 is 19.8 Å². The van der Waals surface area contributed by atoms with Crippen molar-refractivity contribution in [3.63, 3.8) is 0 Å². The molecular weight excluding hydrogens is 284 g/mol. The summed E-state index contributed by atoms with van der Waals surface area (Å²) in [6, 6.07) is 9.38. The first-order valence-electron chi connectivity index (χ1n) is 7.34. The van der Waals surface area contributed by atoms with Gasteiger partial charge in [0.05, 0.1) is 12.5 Å². The second-order valence-corrected chi connectivity index (χ2v) is 5.44. The lowest BCUT2D eigenvalue weighted by atomic mass is 9.93. The Labute approximate surface area is 130 Å². The fourth-order valence-electron chi connectivity index (χ4n) is 2.18. The van der Waals surface area contributed by atoms with E-state index in [2.05, 4.69) is 5.32 Å². The van der Waals surface area contributed by atoms with Crippen molar-refractivity contribution in [2.45, 2.75) is 31.8 Å². The van der Waals surface area contributed by atoms with Crippen molar-refractivity contribution in [1.82, 2.24) is 10.2 Å². The van der Waals surface area contributed by atoms with Gasteiger partial charge in [-0.15, -0.1) is 0 Å². The van der Waals surface area contributed by atoms with Gasteiger partial charge in [0.15, 0.2) is 0 Å². The van der Waals surface area contributed by atoms with Gasteiger partial charge < -0.3 is 20.4 Å². The van der Waals surface area contributed by atoms with Crippen molar-refractivity contribution in [2.24, 2.45) is 0 Å². The van der Waals surface area contributed by atoms with Crippen molar-refractivity contribution in [2.75, 3.05) is 20.1 Å². The Kier molecular flexibility index (Phi) is 7.39. The van der Waals surface area contributed by atoms with Gasteiger partial charge in [0.1, 0.15) is 0 Å². The van der Waals surface area contributed by atoms with E-state index >= 15 is 0 Å². The number of carboxylic acid groups (broad SMARTS) is 1. The number of hydrogen-bond donors (Lipinski definition) is 3. The van der Waals surface area contributed by atoms with Gasteiger partial charge in [-0.1, -0.05) is 30.3 Å². The lowest BCUT2D eigenvalue weighted by molar-refractivity contribution is -0.137. The Hall–Kier alpha value is -2.08. The quantitative estimate of drug-likeness (QED) is 0.681. The Morgan fingerprint density at radius 2 is 1.91 bits per heavy atom. The predicted octanol–water partition coefficient (Wildman–Crippen LogP) is 1.66. The van der Waals surface area contributed by atoms with Gasteiger partial charge in [0.2, 0.25) is 0 Å². The first-order chi connectivity index (χ1) is 10.4. The fourth-order valence-corrected chi connectivity index (χ4v) is 2.18. The van der Waals surface area contributed by atoms with E-state index in [1.54, 1.807) is 14.0 Å². The first-order valence-corrected chi connectivity index (χ1v) is 7.34. The van der Waals surface area contributed by atoms with Crippen LogP contribution in [0.15, 0.2) is 30.3 Å². The lowest BCUT2D eigenvalue weighted by Gasteiger charge is -2.22. The van der Waals surface area contributed by atoms with Crippen LogP contribution in [0.1, 0.15) is 31.2 Å². The number of carbonyl (C=O) groups is 2. The molecule has 0 saturated carbocycles. The standard InChI is InChI=1S/C16H24N2O4/c1-12(19)10-14(13-6-4-3-5-7-13)11-17-16(22)18(2)9-8-15(20)21/h3-7,12,14,19H,8-11H2,1-2H3,(H,17,22)(H,20,21). The summed E-state index contributed by atoms with van der Waals surface area (Å²) in [6.07, 6.45) is -0.00473. The van der Waals surface area contributed by atoms with Crippen LogP contribution in [0.2, 0.25) is 0 Å². The van der Waals surface area contributed by atoms with Gasteiger partial charge in [0.25, 0.3) is 0 Å². The van der Waals surface area contributed by atoms with Gasteiger partial charge in [-0.25, -0.2) is 4.79 Å². The number of rotatable bonds is 8. The van der Waals surface area contributed by atoms with Crippen LogP contribution >= 0.6 is 0 Å². The molecule has 1 aromatic rings. The zero-order chi connectivity index (χ0) is 16.5. The minimum Gasteiger partial charge on any atom is -0.481 e. The van der Waals surface area contributed by atoms with E-state index in [-0.39, 0.29) is 24.9 Å². The number of aliphatic hydroxyl groups excluding tert-OH is 1. The molecule has 0 aliphatic rings. The molecule has 2 amide bonds. The number of urea groups is 1. The molecule has 0 aromatic heterocycles. The third-order valence-corrected chi connectivity index (χ3v) is 3.40. The molecule has 1 aromatic carbocycles. The molecule has 0 heterocycles. The van der Waals surface area contributed by atoms with E-state index in [1.165, 1.54) is 4.90 Å². The molecule has 6 nitrogen and oxygen atoms in total. The highest BCUT2D eigenvalue weighted by Crippen LogP contribution is 2.20. The zero-order valence-electron chi connectivity index (χ0n) is 13.0. The minimum atomic E-state index is -0.934. The van der Waals surface area contributed by atoms with Crippen molar-refractivity contribution in [1.29, 1.82) is 0 Å². The highest BCUT2D eigenvalue weighted by molar-refractivity contribution is 5.75. The maximum atomic E-state index is 11.9. The first kappa shape index (κ1) is 18.0. The minimum absolute atomic E-state index is 0.0121. The summed E-state index contributed by atoms with van der Waals surface area (Å²) in [7, 11) is 1.56. The summed E-state index contributed by atoms with van der Waals surface area (Å²) in [6.45, 7) is 2.27. The SMILES string of the molecule is CC(O)CC(CNC(=O)N(C)CCC(=O)O)c1ccccc1. The van der Waals surface area contributed by atoms with Crippen LogP contribution in [0.3, 0.4) is 0 Å². The van der Waals surface area contributed by atoms with Crippen molar-refractivity contribution >= 4 is 12.0 Å². The molecule has 0 radical (unpaired) electrons. The van der Waals surface area contributed by atoms with Crippen LogP contribution in [0.4, 0.5) is 4.79 Å². The monoisotopic (exact) mass is 308 g/mol. The number of aliphatic carboxylic acids is 1. The summed E-state index contributed by atoms with van der Waals surface area (Å²) >= 11 is 0. The molecule has 2 atom stereocenters. The molecule has 0 spiro atoms. The van der Waals surface area contributed by atoms with E-state index in [0.717, 1.165) is 5.56 Å². The largest absolute Gasteiger partial charge is 0.481 e. The van der Waals surface area contributed by atoms with E-state index in [9.17, 15) is 14.7 Å². The smallest absolute Gasteiger partial charge is 0.317 e. The predicted molar refractivity (Wildman–Crippen MR) is 83.8 cm³/mol. The maximum absolute atomic E-state index is 11.9. The second-order valence-electron chi connectivity index (χ2n) is 5.44. The Morgan fingerprint density at radius 1 is 1.27 bits per heavy atom. The number of nitrogens with zero attached hydrogens (tertiary/aromatic N) is 1. The molecule has 2 unspecified atom stereocenters. The molecular formula is C16H24N2O4. The third kappa shape index (κ3) is 6.58. The summed E-state index contributed by atoms with van der Waals surface area (Å²) in [4.78, 5) is 23.8. The average molecular weight is 308 g/mol. The van der Waals surface area contributed by atoms with E-state index in [0.29, 0.717) is 13.0 Å². The number of benzene rings is 1. The average Bonchev–Trinajstić information content (AvgIpc) is 2.49. The van der Waals surface area contributed by atoms with E-state index in [1.807, 2.05) is 30.3 Å². The number of nitrogens with one attached hydrogen (secondary N) is 1.